The summed E-state index contributed by atoms with van der Waals surface area (Å²) < 4.78 is 50.1. The van der Waals surface area contributed by atoms with Gasteiger partial charge >= 0.3 is 6.18 Å². The second-order valence-corrected chi connectivity index (χ2v) is 4.35. The van der Waals surface area contributed by atoms with E-state index >= 15 is 0 Å². The summed E-state index contributed by atoms with van der Waals surface area (Å²) >= 11 is 2.88. The summed E-state index contributed by atoms with van der Waals surface area (Å²) in [5.74, 6) is -0.307. The number of hydrogen-bond donors (Lipinski definition) is 1. The SMILES string of the molecule is O=c1[nH]c(CF)nc2cc(C(F)(F)F)cc(Br)c12. The summed E-state index contributed by atoms with van der Waals surface area (Å²) in [5.41, 5.74) is -1.84. The standard InChI is InChI=1S/C10H5BrF4N2O/c11-5-1-4(10(13,14)15)2-6-8(5)9(18)17-7(3-12)16-6/h1-2H,3H2,(H,16,17,18). The van der Waals surface area contributed by atoms with E-state index in [1.807, 2.05) is 0 Å². The van der Waals surface area contributed by atoms with E-state index in [2.05, 4.69) is 25.9 Å². The van der Waals surface area contributed by atoms with Crippen molar-refractivity contribution in [2.24, 2.45) is 0 Å². The number of nitrogens with one attached hydrogen (secondary N) is 1. The van der Waals surface area contributed by atoms with Crippen LogP contribution in [0, 0.1) is 0 Å². The highest BCUT2D eigenvalue weighted by Crippen LogP contribution is 2.33. The molecule has 2 rings (SSSR count). The Kier molecular flexibility index (Phi) is 3.14. The summed E-state index contributed by atoms with van der Waals surface area (Å²) in [7, 11) is 0. The van der Waals surface area contributed by atoms with E-state index in [0.29, 0.717) is 6.07 Å². The molecule has 0 radical (unpaired) electrons. The maximum absolute atomic E-state index is 12.6. The van der Waals surface area contributed by atoms with Gasteiger partial charge in [0.1, 0.15) is 12.5 Å². The quantitative estimate of drug-likeness (QED) is 0.819. The molecule has 0 amide bonds. The number of alkyl halides is 4. The molecular weight excluding hydrogens is 320 g/mol. The molecule has 0 unspecified atom stereocenters. The molecule has 0 aliphatic heterocycles. The Morgan fingerprint density at radius 3 is 2.56 bits per heavy atom. The van der Waals surface area contributed by atoms with Crippen LogP contribution in [-0.4, -0.2) is 9.97 Å². The third kappa shape index (κ3) is 2.24. The molecule has 1 N–H and O–H groups in total. The van der Waals surface area contributed by atoms with E-state index in [1.165, 1.54) is 0 Å². The molecule has 1 aromatic carbocycles. The first-order chi connectivity index (χ1) is 8.32. The molecule has 3 nitrogen and oxygen atoms in total. The number of rotatable bonds is 1. The van der Waals surface area contributed by atoms with Crippen LogP contribution in [0.4, 0.5) is 17.6 Å². The summed E-state index contributed by atoms with van der Waals surface area (Å²) in [6.07, 6.45) is -4.56. The lowest BCUT2D eigenvalue weighted by molar-refractivity contribution is -0.137. The zero-order valence-electron chi connectivity index (χ0n) is 8.61. The molecule has 0 atom stereocenters. The van der Waals surface area contributed by atoms with Gasteiger partial charge in [-0.2, -0.15) is 13.2 Å². The Labute approximate surface area is 106 Å². The Morgan fingerprint density at radius 2 is 2.00 bits per heavy atom. The molecule has 96 valence electrons. The van der Waals surface area contributed by atoms with E-state index in [0.717, 1.165) is 6.07 Å². The molecule has 0 bridgehead atoms. The highest BCUT2D eigenvalue weighted by molar-refractivity contribution is 9.10. The topological polar surface area (TPSA) is 45.8 Å². The molecule has 0 saturated heterocycles. The third-order valence-electron chi connectivity index (χ3n) is 2.26. The van der Waals surface area contributed by atoms with Gasteiger partial charge in [-0.25, -0.2) is 9.37 Å². The number of halogens is 5. The first kappa shape index (κ1) is 13.0. The molecule has 0 saturated carbocycles. The Bertz CT molecular complexity index is 665. The lowest BCUT2D eigenvalue weighted by Crippen LogP contribution is -2.13. The third-order valence-corrected chi connectivity index (χ3v) is 2.89. The van der Waals surface area contributed by atoms with Crippen LogP contribution in [0.3, 0.4) is 0 Å². The number of aromatic amines is 1. The first-order valence-electron chi connectivity index (χ1n) is 4.68. The average Bonchev–Trinajstić information content (AvgIpc) is 2.26. The van der Waals surface area contributed by atoms with E-state index < -0.39 is 24.0 Å². The van der Waals surface area contributed by atoms with Crippen molar-refractivity contribution in [3.8, 4) is 0 Å². The smallest absolute Gasteiger partial charge is 0.308 e. The number of fused-ring (bicyclic) bond motifs is 1. The molecule has 0 aliphatic rings. The van der Waals surface area contributed by atoms with Crippen LogP contribution < -0.4 is 5.56 Å². The van der Waals surface area contributed by atoms with Crippen LogP contribution in [0.1, 0.15) is 11.4 Å². The molecular formula is C10H5BrF4N2O. The lowest BCUT2D eigenvalue weighted by Gasteiger charge is -2.09. The average molecular weight is 325 g/mol. The fraction of sp³-hybridized carbons (Fsp3) is 0.200. The molecule has 8 heteroatoms. The zero-order valence-corrected chi connectivity index (χ0v) is 10.2. The second kappa shape index (κ2) is 4.34. The molecule has 1 aromatic heterocycles. The largest absolute Gasteiger partial charge is 0.416 e. The molecule has 0 aliphatic carbocycles. The van der Waals surface area contributed by atoms with Crippen LogP contribution in [0.15, 0.2) is 21.4 Å². The Morgan fingerprint density at radius 1 is 1.33 bits per heavy atom. The number of H-pyrrole nitrogens is 1. The van der Waals surface area contributed by atoms with Gasteiger partial charge in [0.25, 0.3) is 5.56 Å². The maximum Gasteiger partial charge on any atom is 0.416 e. The minimum atomic E-state index is -4.56. The minimum absolute atomic E-state index is 0.0357. The van der Waals surface area contributed by atoms with Gasteiger partial charge in [0, 0.05) is 4.47 Å². The number of nitrogens with zero attached hydrogens (tertiary/aromatic N) is 1. The van der Waals surface area contributed by atoms with Gasteiger partial charge in [0.05, 0.1) is 16.5 Å². The van der Waals surface area contributed by atoms with Gasteiger partial charge in [-0.15, -0.1) is 0 Å². The number of benzene rings is 1. The number of hydrogen-bond acceptors (Lipinski definition) is 2. The van der Waals surface area contributed by atoms with Crippen LogP contribution in [0.25, 0.3) is 10.9 Å². The van der Waals surface area contributed by atoms with Crippen molar-refractivity contribution >= 4 is 26.8 Å². The molecule has 2 aromatic rings. The Hall–Kier alpha value is -1.44. The normalized spacial score (nSPS) is 12.1. The predicted octanol–water partition coefficient (Wildman–Crippen LogP) is 3.17. The molecule has 1 heterocycles. The second-order valence-electron chi connectivity index (χ2n) is 3.50. The van der Waals surface area contributed by atoms with Gasteiger partial charge in [-0.3, -0.25) is 4.79 Å². The summed E-state index contributed by atoms with van der Waals surface area (Å²) in [6.45, 7) is -1.06. The number of aromatic nitrogens is 2. The van der Waals surface area contributed by atoms with Crippen LogP contribution in [0.2, 0.25) is 0 Å². The molecule has 0 spiro atoms. The van der Waals surface area contributed by atoms with E-state index in [-0.39, 0.29) is 21.2 Å². The molecule has 18 heavy (non-hydrogen) atoms. The van der Waals surface area contributed by atoms with Gasteiger partial charge in [0.15, 0.2) is 0 Å². The van der Waals surface area contributed by atoms with Crippen molar-refractivity contribution in [1.82, 2.24) is 9.97 Å². The first-order valence-corrected chi connectivity index (χ1v) is 5.48. The van der Waals surface area contributed by atoms with Gasteiger partial charge in [0.2, 0.25) is 0 Å². The van der Waals surface area contributed by atoms with E-state index in [4.69, 9.17) is 0 Å². The minimum Gasteiger partial charge on any atom is -0.308 e. The molecule has 0 fully saturated rings. The van der Waals surface area contributed by atoms with E-state index in [9.17, 15) is 22.4 Å². The van der Waals surface area contributed by atoms with Crippen LogP contribution in [-0.2, 0) is 12.9 Å². The highest BCUT2D eigenvalue weighted by Gasteiger charge is 2.31. The lowest BCUT2D eigenvalue weighted by atomic mass is 10.1. The predicted molar refractivity (Wildman–Crippen MR) is 59.9 cm³/mol. The van der Waals surface area contributed by atoms with E-state index in [1.54, 1.807) is 0 Å². The van der Waals surface area contributed by atoms with Crippen molar-refractivity contribution in [2.75, 3.05) is 0 Å². The Balaban J connectivity index is 2.83. The summed E-state index contributed by atoms with van der Waals surface area (Å²) in [6, 6.07) is 1.50. The monoisotopic (exact) mass is 324 g/mol. The van der Waals surface area contributed by atoms with Crippen LogP contribution in [0.5, 0.6) is 0 Å². The van der Waals surface area contributed by atoms with Gasteiger partial charge in [-0.1, -0.05) is 0 Å². The van der Waals surface area contributed by atoms with Gasteiger partial charge < -0.3 is 4.98 Å². The van der Waals surface area contributed by atoms with Gasteiger partial charge in [-0.05, 0) is 28.1 Å². The van der Waals surface area contributed by atoms with Crippen molar-refractivity contribution in [1.29, 1.82) is 0 Å². The fourth-order valence-electron chi connectivity index (χ4n) is 1.50. The zero-order chi connectivity index (χ0) is 13.5. The van der Waals surface area contributed by atoms with Crippen molar-refractivity contribution < 1.29 is 17.6 Å². The summed E-state index contributed by atoms with van der Waals surface area (Å²) in [4.78, 5) is 17.3. The van der Waals surface area contributed by atoms with Crippen LogP contribution >= 0.6 is 15.9 Å². The summed E-state index contributed by atoms with van der Waals surface area (Å²) in [5, 5.41) is -0.0415. The van der Waals surface area contributed by atoms with Crippen molar-refractivity contribution in [3.05, 3.63) is 38.3 Å². The van der Waals surface area contributed by atoms with Crippen molar-refractivity contribution in [3.63, 3.8) is 0 Å². The van der Waals surface area contributed by atoms with Crippen molar-refractivity contribution in [2.45, 2.75) is 12.9 Å². The fourth-order valence-corrected chi connectivity index (χ4v) is 2.13. The highest BCUT2D eigenvalue weighted by atomic mass is 79.9. The maximum atomic E-state index is 12.6.